The lowest BCUT2D eigenvalue weighted by molar-refractivity contribution is -0.690. The van der Waals surface area contributed by atoms with Crippen molar-refractivity contribution < 1.29 is 14.4 Å². The second kappa shape index (κ2) is 4.80. The summed E-state index contributed by atoms with van der Waals surface area (Å²) in [4.78, 5) is 18.5. The van der Waals surface area contributed by atoms with Gasteiger partial charge in [0.15, 0.2) is 18.9 Å². The zero-order chi connectivity index (χ0) is 11.3. The lowest BCUT2D eigenvalue weighted by atomic mass is 10.4. The van der Waals surface area contributed by atoms with Crippen LogP contribution in [0.2, 0.25) is 0 Å². The summed E-state index contributed by atoms with van der Waals surface area (Å²) in [6, 6.07) is 5.24. The highest BCUT2D eigenvalue weighted by atomic mass is 16.7. The molecule has 0 atom stereocenters. The average molecular weight is 210 g/mol. The molecule has 0 N–H and O–H groups in total. The van der Waals surface area contributed by atoms with E-state index in [4.69, 9.17) is 0 Å². The second-order valence-corrected chi connectivity index (χ2v) is 2.65. The van der Waals surface area contributed by atoms with Gasteiger partial charge in [0.25, 0.3) is 0 Å². The van der Waals surface area contributed by atoms with Crippen LogP contribution in [0.1, 0.15) is 0 Å². The number of hydrogen-bond donors (Lipinski definition) is 0. The van der Waals surface area contributed by atoms with Crippen LogP contribution in [0.15, 0.2) is 42.5 Å². The fourth-order valence-electron chi connectivity index (χ4n) is 0.959. The maximum Gasteiger partial charge on any atom is 0.560 e. The summed E-state index contributed by atoms with van der Waals surface area (Å²) in [6.45, 7) is 0.0954. The molecule has 78 valence electrons. The molecule has 0 aromatic carbocycles. The predicted molar refractivity (Wildman–Crippen MR) is 48.7 cm³/mol. The zero-order valence-corrected chi connectivity index (χ0v) is 7.65. The molecule has 0 bridgehead atoms. The van der Waals surface area contributed by atoms with Crippen LogP contribution >= 0.6 is 0 Å². The van der Waals surface area contributed by atoms with Crippen LogP contribution < -0.4 is 4.57 Å². The maximum absolute atomic E-state index is 10.2. The molecule has 0 amide bonds. The Hall–Kier alpha value is -2.31. The van der Waals surface area contributed by atoms with Crippen LogP contribution in [0.3, 0.4) is 0 Å². The van der Waals surface area contributed by atoms with Gasteiger partial charge in [-0.1, -0.05) is 6.07 Å². The van der Waals surface area contributed by atoms with Crippen molar-refractivity contribution in [2.75, 3.05) is 0 Å². The quantitative estimate of drug-likeness (QED) is 0.407. The Morgan fingerprint density at radius 3 is 2.13 bits per heavy atom. The van der Waals surface area contributed by atoms with E-state index in [0.717, 1.165) is 6.08 Å². The predicted octanol–water partition coefficient (Wildman–Crippen LogP) is 0.369. The van der Waals surface area contributed by atoms with Crippen molar-refractivity contribution in [2.45, 2.75) is 6.54 Å². The van der Waals surface area contributed by atoms with Gasteiger partial charge in [0.05, 0.1) is 0 Å². The highest BCUT2D eigenvalue weighted by Crippen LogP contribution is 1.95. The Bertz CT molecular complexity index is 386. The summed E-state index contributed by atoms with van der Waals surface area (Å²) in [5, 5.41) is 20.5. The number of nitro groups is 2. The molecule has 0 aliphatic rings. The van der Waals surface area contributed by atoms with Crippen molar-refractivity contribution in [1.29, 1.82) is 0 Å². The van der Waals surface area contributed by atoms with Crippen LogP contribution in [0.5, 0.6) is 0 Å². The fourth-order valence-corrected chi connectivity index (χ4v) is 0.959. The molecule has 0 fully saturated rings. The third kappa shape index (κ3) is 3.14. The van der Waals surface area contributed by atoms with Crippen molar-refractivity contribution in [2.24, 2.45) is 0 Å². The van der Waals surface area contributed by atoms with Crippen molar-refractivity contribution in [3.8, 4) is 0 Å². The summed E-state index contributed by atoms with van der Waals surface area (Å²) in [5.74, 6) is -1.01. The number of aromatic nitrogens is 1. The molecule has 7 nitrogen and oxygen atoms in total. The van der Waals surface area contributed by atoms with Gasteiger partial charge in [-0.15, -0.1) is 0 Å². The second-order valence-electron chi connectivity index (χ2n) is 2.65. The van der Waals surface area contributed by atoms with E-state index in [1.807, 2.05) is 0 Å². The molecule has 15 heavy (non-hydrogen) atoms. The van der Waals surface area contributed by atoms with Gasteiger partial charge in [-0.2, -0.15) is 0 Å². The van der Waals surface area contributed by atoms with Gasteiger partial charge < -0.3 is 0 Å². The van der Waals surface area contributed by atoms with E-state index in [1.165, 1.54) is 0 Å². The smallest absolute Gasteiger partial charge is 0.253 e. The van der Waals surface area contributed by atoms with Gasteiger partial charge in [0.2, 0.25) is 0 Å². The normalized spacial score (nSPS) is 9.33. The Morgan fingerprint density at radius 2 is 1.67 bits per heavy atom. The Labute approximate surface area is 84.6 Å². The molecule has 0 radical (unpaired) electrons. The van der Waals surface area contributed by atoms with E-state index in [9.17, 15) is 20.2 Å². The van der Waals surface area contributed by atoms with Crippen LogP contribution in [0, 0.1) is 20.2 Å². The van der Waals surface area contributed by atoms with Crippen LogP contribution in [-0.4, -0.2) is 9.85 Å². The van der Waals surface area contributed by atoms with Gasteiger partial charge >= 0.3 is 5.82 Å². The van der Waals surface area contributed by atoms with Gasteiger partial charge in [0.1, 0.15) is 15.9 Å². The summed E-state index contributed by atoms with van der Waals surface area (Å²) in [5.41, 5.74) is 0. The minimum atomic E-state index is -1.01. The first-order chi connectivity index (χ1) is 7.11. The molecule has 0 saturated heterocycles. The van der Waals surface area contributed by atoms with Gasteiger partial charge in [-0.25, -0.2) is 4.57 Å². The number of allylic oxidation sites excluding steroid dienone is 1. The summed E-state index contributed by atoms with van der Waals surface area (Å²) in [6.07, 6.45) is 4.28. The van der Waals surface area contributed by atoms with Crippen molar-refractivity contribution >= 4 is 0 Å². The van der Waals surface area contributed by atoms with Crippen molar-refractivity contribution in [1.82, 2.24) is 0 Å². The van der Waals surface area contributed by atoms with Crippen LogP contribution in [-0.2, 0) is 6.54 Å². The number of nitrogens with zero attached hydrogens (tertiary/aromatic N) is 3. The minimum Gasteiger partial charge on any atom is -0.253 e. The number of hydrogen-bond acceptors (Lipinski definition) is 4. The lowest BCUT2D eigenvalue weighted by Gasteiger charge is -1.89. The Balaban J connectivity index is 2.79. The highest BCUT2D eigenvalue weighted by Gasteiger charge is 2.25. The van der Waals surface area contributed by atoms with Gasteiger partial charge in [-0.3, -0.25) is 20.2 Å². The van der Waals surface area contributed by atoms with E-state index in [0.29, 0.717) is 0 Å². The fraction of sp³-hybridized carbons (Fsp3) is 0.125. The molecule has 7 heteroatoms. The molecular formula is C8H8N3O4+. The standard InChI is InChI=1S/C8H8N3O4/c12-10(13)8(11(14)15)4-7-9-5-2-1-3-6-9/h1-6H,7H2/q+1. The summed E-state index contributed by atoms with van der Waals surface area (Å²) >= 11 is 0. The lowest BCUT2D eigenvalue weighted by Crippen LogP contribution is -2.31. The first kappa shape index (κ1) is 10.8. The Kier molecular flexibility index (Phi) is 3.44. The maximum atomic E-state index is 10.2. The topological polar surface area (TPSA) is 90.2 Å². The Morgan fingerprint density at radius 1 is 1.13 bits per heavy atom. The van der Waals surface area contributed by atoms with E-state index >= 15 is 0 Å². The molecule has 0 aliphatic heterocycles. The summed E-state index contributed by atoms with van der Waals surface area (Å²) in [7, 11) is 0. The third-order valence-electron chi connectivity index (χ3n) is 1.64. The van der Waals surface area contributed by atoms with E-state index in [-0.39, 0.29) is 6.54 Å². The molecule has 1 aromatic rings. The molecule has 1 heterocycles. The molecular weight excluding hydrogens is 202 g/mol. The number of rotatable bonds is 4. The van der Waals surface area contributed by atoms with Gasteiger partial charge in [0, 0.05) is 12.1 Å². The van der Waals surface area contributed by atoms with Crippen LogP contribution in [0.4, 0.5) is 0 Å². The largest absolute Gasteiger partial charge is 0.560 e. The van der Waals surface area contributed by atoms with Crippen molar-refractivity contribution in [3.63, 3.8) is 0 Å². The zero-order valence-electron chi connectivity index (χ0n) is 7.65. The first-order valence-electron chi connectivity index (χ1n) is 4.04. The molecule has 0 aliphatic carbocycles. The van der Waals surface area contributed by atoms with Crippen LogP contribution in [0.25, 0.3) is 0 Å². The van der Waals surface area contributed by atoms with E-state index in [2.05, 4.69) is 0 Å². The van der Waals surface area contributed by atoms with E-state index < -0.39 is 15.7 Å². The SMILES string of the molecule is O=[N+]([O-])C(=CC[n+]1ccccc1)[N+](=O)[O-]. The first-order valence-corrected chi connectivity index (χ1v) is 4.04. The van der Waals surface area contributed by atoms with Crippen molar-refractivity contribution in [3.05, 3.63) is 62.7 Å². The third-order valence-corrected chi connectivity index (χ3v) is 1.64. The summed E-state index contributed by atoms with van der Waals surface area (Å²) < 4.78 is 1.59. The molecule has 1 rings (SSSR count). The number of pyridine rings is 1. The molecule has 1 aromatic heterocycles. The average Bonchev–Trinajstić information content (AvgIpc) is 2.18. The molecule has 0 saturated carbocycles. The molecule has 0 spiro atoms. The molecule has 0 unspecified atom stereocenters. The minimum absolute atomic E-state index is 0.0954. The van der Waals surface area contributed by atoms with E-state index in [1.54, 1.807) is 35.2 Å². The highest BCUT2D eigenvalue weighted by molar-refractivity contribution is 4.84. The van der Waals surface area contributed by atoms with Gasteiger partial charge in [-0.05, 0) is 0 Å². The monoisotopic (exact) mass is 210 g/mol.